The number of aromatic nitrogens is 1. The number of anilines is 2. The molecule has 0 saturated carbocycles. The van der Waals surface area contributed by atoms with Crippen LogP contribution in [0.4, 0.5) is 11.4 Å². The monoisotopic (exact) mass is 495 g/mol. The van der Waals surface area contributed by atoms with Crippen LogP contribution in [0.25, 0.3) is 0 Å². The second kappa shape index (κ2) is 9.23. The molecule has 0 aliphatic heterocycles. The molecule has 0 aliphatic carbocycles. The van der Waals surface area contributed by atoms with E-state index in [9.17, 15) is 18.0 Å². The van der Waals surface area contributed by atoms with Gasteiger partial charge in [-0.05, 0) is 49.7 Å². The van der Waals surface area contributed by atoms with Gasteiger partial charge >= 0.3 is 5.97 Å². The molecule has 8 nitrogen and oxygen atoms in total. The normalized spacial score (nSPS) is 11.2. The number of aryl methyl sites for hydroxylation is 1. The van der Waals surface area contributed by atoms with Gasteiger partial charge in [0.15, 0.2) is 0 Å². The van der Waals surface area contributed by atoms with Crippen molar-refractivity contribution >= 4 is 56.5 Å². The van der Waals surface area contributed by atoms with Crippen LogP contribution in [0, 0.1) is 13.8 Å². The second-order valence-corrected chi connectivity index (χ2v) is 9.27. The molecule has 3 aromatic rings. The van der Waals surface area contributed by atoms with Crippen molar-refractivity contribution in [3.63, 3.8) is 0 Å². The van der Waals surface area contributed by atoms with Gasteiger partial charge in [-0.15, -0.1) is 0 Å². The predicted molar refractivity (Wildman–Crippen MR) is 123 cm³/mol. The number of halogens is 2. The number of carbonyl (C=O) groups is 2. The lowest BCUT2D eigenvalue weighted by Crippen LogP contribution is -2.16. The van der Waals surface area contributed by atoms with Crippen LogP contribution in [0.1, 0.15) is 32.1 Å². The van der Waals surface area contributed by atoms with Crippen molar-refractivity contribution in [2.75, 3.05) is 17.1 Å². The van der Waals surface area contributed by atoms with Gasteiger partial charge in [-0.3, -0.25) is 9.52 Å². The van der Waals surface area contributed by atoms with E-state index in [4.69, 9.17) is 27.9 Å². The topological polar surface area (TPSA) is 117 Å². The average molecular weight is 496 g/mol. The number of amides is 1. The van der Waals surface area contributed by atoms with Gasteiger partial charge in [0.05, 0.1) is 28.4 Å². The average Bonchev–Trinajstić information content (AvgIpc) is 3.04. The molecule has 1 aromatic heterocycles. The zero-order chi connectivity index (χ0) is 23.6. The number of hydrogen-bond donors (Lipinski definition) is 3. The lowest BCUT2D eigenvalue weighted by molar-refractivity contribution is 0.0599. The van der Waals surface area contributed by atoms with Crippen LogP contribution in [0.5, 0.6) is 0 Å². The molecule has 0 saturated heterocycles. The van der Waals surface area contributed by atoms with Gasteiger partial charge in [-0.2, -0.15) is 0 Å². The molecule has 0 atom stereocenters. The summed E-state index contributed by atoms with van der Waals surface area (Å²) in [4.78, 5) is 27.3. The highest BCUT2D eigenvalue weighted by Gasteiger charge is 2.24. The summed E-state index contributed by atoms with van der Waals surface area (Å²) in [6.45, 7) is 3.25. The molecule has 3 N–H and O–H groups in total. The van der Waals surface area contributed by atoms with Gasteiger partial charge in [-0.1, -0.05) is 35.3 Å². The van der Waals surface area contributed by atoms with Crippen LogP contribution in [-0.2, 0) is 14.8 Å². The van der Waals surface area contributed by atoms with E-state index in [0.717, 1.165) is 0 Å². The Morgan fingerprint density at radius 2 is 1.72 bits per heavy atom. The fourth-order valence-electron chi connectivity index (χ4n) is 3.11. The highest BCUT2D eigenvalue weighted by Crippen LogP contribution is 2.30. The van der Waals surface area contributed by atoms with Gasteiger partial charge in [0.2, 0.25) is 0 Å². The summed E-state index contributed by atoms with van der Waals surface area (Å²) in [6, 6.07) is 10.4. The zero-order valence-electron chi connectivity index (χ0n) is 17.2. The number of para-hydroxylation sites is 1. The molecule has 0 fully saturated rings. The standard InChI is InChI=1S/C21H19Cl2N3O5S/c1-11-18(21(28)31-3)12(2)24-19(11)20(27)25-13-8-9-15(23)17(10-13)32(29,30)26-16-7-5-4-6-14(16)22/h4-10,24,26H,1-3H3,(H,25,27). The van der Waals surface area contributed by atoms with Gasteiger partial charge in [0.1, 0.15) is 10.6 Å². The maximum absolute atomic E-state index is 12.9. The number of sulfonamides is 1. The van der Waals surface area contributed by atoms with Crippen molar-refractivity contribution in [2.24, 2.45) is 0 Å². The molecule has 1 amide bonds. The fraction of sp³-hybridized carbons (Fsp3) is 0.143. The third kappa shape index (κ3) is 4.74. The Kier molecular flexibility index (Phi) is 6.82. The first-order chi connectivity index (χ1) is 15.0. The van der Waals surface area contributed by atoms with E-state index in [-0.39, 0.29) is 37.6 Å². The zero-order valence-corrected chi connectivity index (χ0v) is 19.6. The number of nitrogens with one attached hydrogen (secondary N) is 3. The van der Waals surface area contributed by atoms with Crippen LogP contribution >= 0.6 is 23.2 Å². The summed E-state index contributed by atoms with van der Waals surface area (Å²) < 4.78 is 32.9. The van der Waals surface area contributed by atoms with Crippen LogP contribution in [-0.4, -0.2) is 32.4 Å². The van der Waals surface area contributed by atoms with E-state index in [1.807, 2.05) is 0 Å². The predicted octanol–water partition coefficient (Wildman–Crippen LogP) is 4.78. The third-order valence-corrected chi connectivity index (χ3v) is 6.83. The maximum atomic E-state index is 12.9. The number of H-pyrrole nitrogens is 1. The molecule has 168 valence electrons. The Labute approximate surface area is 194 Å². The smallest absolute Gasteiger partial charge is 0.339 e. The number of carbonyl (C=O) groups excluding carboxylic acids is 2. The van der Waals surface area contributed by atoms with E-state index in [0.29, 0.717) is 11.3 Å². The summed E-state index contributed by atoms with van der Waals surface area (Å²) in [7, 11) is -2.85. The van der Waals surface area contributed by atoms with E-state index in [2.05, 4.69) is 15.0 Å². The van der Waals surface area contributed by atoms with Gasteiger partial charge in [-0.25, -0.2) is 13.2 Å². The molecular weight excluding hydrogens is 477 g/mol. The molecule has 3 rings (SSSR count). The molecule has 2 aromatic carbocycles. The van der Waals surface area contributed by atoms with E-state index >= 15 is 0 Å². The number of benzene rings is 2. The molecular formula is C21H19Cl2N3O5S. The molecule has 32 heavy (non-hydrogen) atoms. The number of methoxy groups -OCH3 is 1. The Morgan fingerprint density at radius 1 is 1.03 bits per heavy atom. The van der Waals surface area contributed by atoms with Gasteiger partial charge < -0.3 is 15.0 Å². The van der Waals surface area contributed by atoms with Crippen LogP contribution < -0.4 is 10.0 Å². The highest BCUT2D eigenvalue weighted by molar-refractivity contribution is 7.92. The molecule has 0 bridgehead atoms. The highest BCUT2D eigenvalue weighted by atomic mass is 35.5. The quantitative estimate of drug-likeness (QED) is 0.425. The number of rotatable bonds is 6. The first-order valence-electron chi connectivity index (χ1n) is 9.21. The molecule has 1 heterocycles. The van der Waals surface area contributed by atoms with Gasteiger partial charge in [0.25, 0.3) is 15.9 Å². The Balaban J connectivity index is 1.90. The van der Waals surface area contributed by atoms with Gasteiger partial charge in [0, 0.05) is 11.4 Å². The first kappa shape index (κ1) is 23.6. The minimum absolute atomic E-state index is 0.0394. The van der Waals surface area contributed by atoms with E-state index in [1.165, 1.54) is 31.4 Å². The molecule has 11 heteroatoms. The van der Waals surface area contributed by atoms with E-state index < -0.39 is 21.9 Å². The Bertz CT molecular complexity index is 1320. The van der Waals surface area contributed by atoms with Crippen molar-refractivity contribution in [3.8, 4) is 0 Å². The minimum Gasteiger partial charge on any atom is -0.465 e. The van der Waals surface area contributed by atoms with E-state index in [1.54, 1.807) is 32.0 Å². The van der Waals surface area contributed by atoms with Crippen LogP contribution in [0.3, 0.4) is 0 Å². The molecule has 0 aliphatic rings. The Hall–Kier alpha value is -3.01. The number of hydrogen-bond acceptors (Lipinski definition) is 5. The lowest BCUT2D eigenvalue weighted by atomic mass is 10.1. The summed E-state index contributed by atoms with van der Waals surface area (Å²) in [5.74, 6) is -1.13. The summed E-state index contributed by atoms with van der Waals surface area (Å²) in [5.41, 5.74) is 1.67. The minimum atomic E-state index is -4.10. The van der Waals surface area contributed by atoms with Crippen molar-refractivity contribution in [3.05, 3.63) is 75.0 Å². The molecule has 0 radical (unpaired) electrons. The summed E-state index contributed by atoms with van der Waals surface area (Å²) >= 11 is 12.2. The molecule has 0 spiro atoms. The van der Waals surface area contributed by atoms with Crippen LogP contribution in [0.2, 0.25) is 10.0 Å². The fourth-order valence-corrected chi connectivity index (χ4v) is 4.96. The van der Waals surface area contributed by atoms with Crippen molar-refractivity contribution in [1.82, 2.24) is 4.98 Å². The Morgan fingerprint density at radius 3 is 2.38 bits per heavy atom. The SMILES string of the molecule is COC(=O)c1c(C)[nH]c(C(=O)Nc2ccc(Cl)c(S(=O)(=O)Nc3ccccc3Cl)c2)c1C. The van der Waals surface area contributed by atoms with Crippen molar-refractivity contribution < 1.29 is 22.7 Å². The maximum Gasteiger partial charge on any atom is 0.339 e. The number of aromatic amines is 1. The van der Waals surface area contributed by atoms with Crippen molar-refractivity contribution in [2.45, 2.75) is 18.7 Å². The largest absolute Gasteiger partial charge is 0.465 e. The summed E-state index contributed by atoms with van der Waals surface area (Å²) in [5, 5.41) is 2.79. The summed E-state index contributed by atoms with van der Waals surface area (Å²) in [6.07, 6.45) is 0. The second-order valence-electron chi connectivity index (χ2n) is 6.80. The van der Waals surface area contributed by atoms with Crippen molar-refractivity contribution in [1.29, 1.82) is 0 Å². The van der Waals surface area contributed by atoms with Crippen LogP contribution in [0.15, 0.2) is 47.4 Å². The first-order valence-corrected chi connectivity index (χ1v) is 11.4. The number of esters is 1. The number of ether oxygens (including phenoxy) is 1. The molecule has 0 unspecified atom stereocenters. The lowest BCUT2D eigenvalue weighted by Gasteiger charge is -2.12. The third-order valence-electron chi connectivity index (χ3n) is 4.65.